The van der Waals surface area contributed by atoms with Gasteiger partial charge in [-0.1, -0.05) is 25.0 Å². The molecule has 0 spiro atoms. The zero-order chi connectivity index (χ0) is 15.1. The van der Waals surface area contributed by atoms with Crippen molar-refractivity contribution in [2.45, 2.75) is 51.6 Å². The largest absolute Gasteiger partial charge is 0.494 e. The van der Waals surface area contributed by atoms with Gasteiger partial charge in [-0.2, -0.15) is 0 Å². The van der Waals surface area contributed by atoms with E-state index < -0.39 is 0 Å². The van der Waals surface area contributed by atoms with Crippen LogP contribution >= 0.6 is 0 Å². The highest BCUT2D eigenvalue weighted by atomic mass is 16.5. The van der Waals surface area contributed by atoms with Gasteiger partial charge in [0.05, 0.1) is 18.7 Å². The molecule has 0 aromatic heterocycles. The number of hydrogen-bond donors (Lipinski definition) is 2. The molecule has 2 rings (SSSR count). The van der Waals surface area contributed by atoms with Gasteiger partial charge in [0, 0.05) is 0 Å². The molecule has 4 heteroatoms. The highest BCUT2D eigenvalue weighted by molar-refractivity contribution is 5.82. The molecule has 1 heterocycles. The van der Waals surface area contributed by atoms with E-state index in [2.05, 4.69) is 10.6 Å². The molecule has 4 nitrogen and oxygen atoms in total. The molecule has 21 heavy (non-hydrogen) atoms. The number of ether oxygens (including phenoxy) is 1. The Morgan fingerprint density at radius 2 is 2.10 bits per heavy atom. The van der Waals surface area contributed by atoms with Crippen molar-refractivity contribution in [3.05, 3.63) is 29.8 Å². The second kappa shape index (κ2) is 8.03. The van der Waals surface area contributed by atoms with E-state index in [-0.39, 0.29) is 18.0 Å². The summed E-state index contributed by atoms with van der Waals surface area (Å²) in [6.45, 7) is 5.59. The normalized spacial score (nSPS) is 20.4. The summed E-state index contributed by atoms with van der Waals surface area (Å²) in [7, 11) is 0. The molecule has 116 valence electrons. The van der Waals surface area contributed by atoms with E-state index in [1.54, 1.807) is 0 Å². The first kappa shape index (κ1) is 15.8. The second-order valence-electron chi connectivity index (χ2n) is 5.59. The third kappa shape index (κ3) is 4.74. The molecule has 1 fully saturated rings. The zero-order valence-electron chi connectivity index (χ0n) is 13.0. The van der Waals surface area contributed by atoms with Gasteiger partial charge in [-0.3, -0.25) is 4.79 Å². The fraction of sp³-hybridized carbons (Fsp3) is 0.588. The summed E-state index contributed by atoms with van der Waals surface area (Å²) in [6.07, 6.45) is 4.44. The lowest BCUT2D eigenvalue weighted by Gasteiger charge is -2.20. The molecule has 2 unspecified atom stereocenters. The summed E-state index contributed by atoms with van der Waals surface area (Å²) in [5.74, 6) is 0.975. The van der Waals surface area contributed by atoms with Crippen LogP contribution in [0.5, 0.6) is 5.75 Å². The van der Waals surface area contributed by atoms with E-state index in [9.17, 15) is 4.79 Å². The Hall–Kier alpha value is -1.55. The van der Waals surface area contributed by atoms with Crippen molar-refractivity contribution in [1.29, 1.82) is 0 Å². The van der Waals surface area contributed by atoms with E-state index in [1.165, 1.54) is 6.42 Å². The molecule has 1 aromatic carbocycles. The van der Waals surface area contributed by atoms with Crippen molar-refractivity contribution < 1.29 is 9.53 Å². The minimum atomic E-state index is -0.0438. The SMILES string of the molecule is CCOc1ccc(C(C)NC(=O)C2CCCCCN2)cc1. The Morgan fingerprint density at radius 1 is 1.33 bits per heavy atom. The molecule has 1 amide bonds. The molecular formula is C17H26N2O2. The van der Waals surface area contributed by atoms with Crippen LogP contribution in [-0.2, 0) is 4.79 Å². The maximum Gasteiger partial charge on any atom is 0.237 e. The van der Waals surface area contributed by atoms with E-state index in [0.717, 1.165) is 37.1 Å². The maximum absolute atomic E-state index is 12.3. The average Bonchev–Trinajstić information content (AvgIpc) is 2.77. The molecule has 1 saturated heterocycles. The van der Waals surface area contributed by atoms with Crippen molar-refractivity contribution in [1.82, 2.24) is 10.6 Å². The Kier molecular flexibility index (Phi) is 6.05. The Bertz CT molecular complexity index is 437. The van der Waals surface area contributed by atoms with Crippen LogP contribution in [0.4, 0.5) is 0 Å². The summed E-state index contributed by atoms with van der Waals surface area (Å²) >= 11 is 0. The standard InChI is InChI=1S/C17H26N2O2/c1-3-21-15-10-8-14(9-11-15)13(2)19-17(20)16-7-5-4-6-12-18-16/h8-11,13,16,18H,3-7,12H2,1-2H3,(H,19,20). The van der Waals surface area contributed by atoms with Gasteiger partial charge in [0.2, 0.25) is 5.91 Å². The van der Waals surface area contributed by atoms with Gasteiger partial charge in [0.15, 0.2) is 0 Å². The predicted molar refractivity (Wildman–Crippen MR) is 84.4 cm³/mol. The summed E-state index contributed by atoms with van der Waals surface area (Å²) in [4.78, 5) is 12.3. The van der Waals surface area contributed by atoms with Crippen LogP contribution in [0.15, 0.2) is 24.3 Å². The number of amides is 1. The van der Waals surface area contributed by atoms with Crippen LogP contribution in [0, 0.1) is 0 Å². The van der Waals surface area contributed by atoms with Crippen LogP contribution < -0.4 is 15.4 Å². The summed E-state index contributed by atoms with van der Waals surface area (Å²) < 4.78 is 5.43. The monoisotopic (exact) mass is 290 g/mol. The van der Waals surface area contributed by atoms with Crippen molar-refractivity contribution in [2.75, 3.05) is 13.2 Å². The maximum atomic E-state index is 12.3. The number of benzene rings is 1. The molecule has 1 aromatic rings. The van der Waals surface area contributed by atoms with Crippen LogP contribution in [0.25, 0.3) is 0 Å². The number of hydrogen-bond acceptors (Lipinski definition) is 3. The number of rotatable bonds is 5. The van der Waals surface area contributed by atoms with E-state index >= 15 is 0 Å². The third-order valence-corrected chi connectivity index (χ3v) is 3.93. The first-order valence-corrected chi connectivity index (χ1v) is 7.97. The van der Waals surface area contributed by atoms with Crippen LogP contribution in [0.3, 0.4) is 0 Å². The highest BCUT2D eigenvalue weighted by Crippen LogP contribution is 2.18. The molecule has 0 saturated carbocycles. The van der Waals surface area contributed by atoms with Crippen LogP contribution in [0.1, 0.15) is 51.1 Å². The lowest BCUT2D eigenvalue weighted by molar-refractivity contribution is -0.123. The first-order valence-electron chi connectivity index (χ1n) is 7.97. The molecule has 1 aliphatic heterocycles. The third-order valence-electron chi connectivity index (χ3n) is 3.93. The lowest BCUT2D eigenvalue weighted by atomic mass is 10.1. The first-order chi connectivity index (χ1) is 10.2. The van der Waals surface area contributed by atoms with Gasteiger partial charge in [-0.15, -0.1) is 0 Å². The zero-order valence-corrected chi connectivity index (χ0v) is 13.0. The quantitative estimate of drug-likeness (QED) is 0.876. The fourth-order valence-electron chi connectivity index (χ4n) is 2.67. The molecule has 0 bridgehead atoms. The van der Waals surface area contributed by atoms with E-state index in [1.807, 2.05) is 38.1 Å². The Labute approximate surface area is 127 Å². The van der Waals surface area contributed by atoms with Gasteiger partial charge >= 0.3 is 0 Å². The van der Waals surface area contributed by atoms with Crippen LogP contribution in [0.2, 0.25) is 0 Å². The Balaban J connectivity index is 1.90. The van der Waals surface area contributed by atoms with Gasteiger partial charge in [0.1, 0.15) is 5.75 Å². The van der Waals surface area contributed by atoms with Crippen LogP contribution in [-0.4, -0.2) is 25.1 Å². The van der Waals surface area contributed by atoms with Crippen molar-refractivity contribution >= 4 is 5.91 Å². The predicted octanol–water partition coefficient (Wildman–Crippen LogP) is 2.79. The van der Waals surface area contributed by atoms with E-state index in [0.29, 0.717) is 6.61 Å². The molecular weight excluding hydrogens is 264 g/mol. The molecule has 2 atom stereocenters. The minimum absolute atomic E-state index is 0.0122. The summed E-state index contributed by atoms with van der Waals surface area (Å²) in [6, 6.07) is 7.89. The van der Waals surface area contributed by atoms with E-state index in [4.69, 9.17) is 4.74 Å². The smallest absolute Gasteiger partial charge is 0.237 e. The molecule has 1 aliphatic rings. The van der Waals surface area contributed by atoms with Gasteiger partial charge in [-0.25, -0.2) is 0 Å². The number of carbonyl (C=O) groups excluding carboxylic acids is 1. The summed E-state index contributed by atoms with van der Waals surface area (Å²) in [5, 5.41) is 6.43. The fourth-order valence-corrected chi connectivity index (χ4v) is 2.67. The molecule has 0 aliphatic carbocycles. The summed E-state index contributed by atoms with van der Waals surface area (Å²) in [5.41, 5.74) is 1.10. The number of carbonyl (C=O) groups is 1. The van der Waals surface area contributed by atoms with Gasteiger partial charge in [0.25, 0.3) is 0 Å². The van der Waals surface area contributed by atoms with Crippen molar-refractivity contribution in [2.24, 2.45) is 0 Å². The van der Waals surface area contributed by atoms with Gasteiger partial charge in [-0.05, 0) is 50.9 Å². The molecule has 0 radical (unpaired) electrons. The second-order valence-corrected chi connectivity index (χ2v) is 5.59. The number of nitrogens with one attached hydrogen (secondary N) is 2. The van der Waals surface area contributed by atoms with Gasteiger partial charge < -0.3 is 15.4 Å². The van der Waals surface area contributed by atoms with Crippen molar-refractivity contribution in [3.8, 4) is 5.75 Å². The molecule has 2 N–H and O–H groups in total. The lowest BCUT2D eigenvalue weighted by Crippen LogP contribution is -2.44. The van der Waals surface area contributed by atoms with Crippen molar-refractivity contribution in [3.63, 3.8) is 0 Å². The Morgan fingerprint density at radius 3 is 2.81 bits per heavy atom. The average molecular weight is 290 g/mol. The topological polar surface area (TPSA) is 50.4 Å². The minimum Gasteiger partial charge on any atom is -0.494 e. The highest BCUT2D eigenvalue weighted by Gasteiger charge is 2.21.